The number of nitrogens with one attached hydrogen (secondary N) is 3. The number of hydrogen-bond acceptors (Lipinski definition) is 9. The van der Waals surface area contributed by atoms with Gasteiger partial charge in [-0.2, -0.15) is 0 Å². The molecule has 0 radical (unpaired) electrons. The van der Waals surface area contributed by atoms with E-state index in [0.29, 0.717) is 39.6 Å². The maximum absolute atomic E-state index is 15.0. The maximum atomic E-state index is 15.0. The van der Waals surface area contributed by atoms with Crippen LogP contribution in [0.2, 0.25) is 0 Å². The van der Waals surface area contributed by atoms with Gasteiger partial charge in [-0.1, -0.05) is 109 Å². The Hall–Kier alpha value is -8.50. The predicted octanol–water partition coefficient (Wildman–Crippen LogP) is 8.58. The van der Waals surface area contributed by atoms with Gasteiger partial charge < -0.3 is 30.9 Å². The van der Waals surface area contributed by atoms with E-state index in [1.54, 1.807) is 18.2 Å². The van der Waals surface area contributed by atoms with Gasteiger partial charge in [0.1, 0.15) is 11.5 Å². The molecule has 5 N–H and O–H groups in total. The summed E-state index contributed by atoms with van der Waals surface area (Å²) in [6, 6.07) is 46.1. The first kappa shape index (κ1) is 34.4. The molecular formula is C52H30N4O6. The summed E-state index contributed by atoms with van der Waals surface area (Å²) in [6.07, 6.45) is 0. The number of aliphatic hydroxyl groups is 1. The highest BCUT2D eigenvalue weighted by Crippen LogP contribution is 2.56. The zero-order valence-electron chi connectivity index (χ0n) is 32.4. The molecule has 0 aromatic heterocycles. The van der Waals surface area contributed by atoms with Crippen molar-refractivity contribution in [3.63, 3.8) is 0 Å². The largest absolute Gasteiger partial charge is 0.506 e. The number of carboxylic acids is 1. The monoisotopic (exact) mass is 806 g/mol. The third kappa shape index (κ3) is 4.22. The first-order valence-corrected chi connectivity index (χ1v) is 20.2. The van der Waals surface area contributed by atoms with Gasteiger partial charge >= 0.3 is 5.97 Å². The lowest BCUT2D eigenvalue weighted by Gasteiger charge is -2.41. The Bertz CT molecular complexity index is 3650. The molecule has 10 heteroatoms. The summed E-state index contributed by atoms with van der Waals surface area (Å²) in [4.78, 5) is 44.3. The van der Waals surface area contributed by atoms with Gasteiger partial charge in [-0.05, 0) is 69.4 Å². The average Bonchev–Trinajstić information content (AvgIpc) is 3.70. The van der Waals surface area contributed by atoms with Crippen LogP contribution in [-0.2, 0) is 20.9 Å². The molecule has 3 aliphatic carbocycles. The molecule has 5 aliphatic rings. The smallest absolute Gasteiger partial charge is 0.335 e. The number of allylic oxidation sites excluding steroid dienone is 2. The Morgan fingerprint density at radius 3 is 2.05 bits per heavy atom. The number of Topliss-reactive ketones (excluding diaryl/α,β-unsaturated/α-hetero) is 1. The molecule has 2 atom stereocenters. The number of ether oxygens (including phenoxy) is 1. The normalized spacial score (nSPS) is 20.0. The minimum atomic E-state index is -1.22. The summed E-state index contributed by atoms with van der Waals surface area (Å²) in [5.74, 6) is -1.15. The van der Waals surface area contributed by atoms with Crippen LogP contribution in [0.4, 0.5) is 17.1 Å². The summed E-state index contributed by atoms with van der Waals surface area (Å²) < 4.78 is 5.34. The maximum Gasteiger partial charge on any atom is 0.335 e. The fraction of sp³-hybridized carbons (Fsp3) is 0.0385. The topological polar surface area (TPSA) is 149 Å². The number of hydrogen-bond donors (Lipinski definition) is 5. The summed E-state index contributed by atoms with van der Waals surface area (Å²) in [7, 11) is 0. The molecule has 2 spiro atoms. The quantitative estimate of drug-likeness (QED) is 0.110. The van der Waals surface area contributed by atoms with Gasteiger partial charge in [0.15, 0.2) is 11.3 Å². The third-order valence-corrected chi connectivity index (χ3v) is 13.2. The summed E-state index contributed by atoms with van der Waals surface area (Å²) >= 11 is 0. The van der Waals surface area contributed by atoms with E-state index in [-0.39, 0.29) is 28.3 Å². The van der Waals surface area contributed by atoms with Crippen LogP contribution < -0.4 is 31.3 Å². The molecule has 8 aromatic rings. The molecule has 0 bridgehead atoms. The Morgan fingerprint density at radius 1 is 0.613 bits per heavy atom. The molecule has 0 amide bonds. The molecule has 62 heavy (non-hydrogen) atoms. The first-order chi connectivity index (χ1) is 30.3. The molecule has 2 unspecified atom stereocenters. The first-order valence-electron chi connectivity index (χ1n) is 20.2. The van der Waals surface area contributed by atoms with E-state index >= 15 is 0 Å². The molecule has 13 rings (SSSR count). The standard InChI is InChI=1S/C52H30N4O6/c57-25-62-29-18-22-33-31-10-2-4-12-37(31)52(39(33)24-29)54-41-14-6-8-27-16-21-35(47(56-52)43(27)41)45-48(58)44(49(45)59)34-20-15-26-7-5-13-40-42(26)46(34)55-51(53-40)36-11-3-1-9-30(36)32-19-17-28(50(60)61)23-38(32)51/h1-25,53-54,56,58H,(H,60,61)/b44-34+. The lowest BCUT2D eigenvalue weighted by molar-refractivity contribution is -0.120. The van der Waals surface area contributed by atoms with Crippen LogP contribution in [0.1, 0.15) is 38.2 Å². The predicted molar refractivity (Wildman–Crippen MR) is 236 cm³/mol. The van der Waals surface area contributed by atoms with Crippen LogP contribution in [-0.4, -0.2) is 28.4 Å². The Balaban J connectivity index is 1.05. The minimum absolute atomic E-state index is 0.131. The van der Waals surface area contributed by atoms with Crippen molar-refractivity contribution in [1.29, 1.82) is 0 Å². The Labute approximate surface area is 351 Å². The Kier molecular flexibility index (Phi) is 6.56. The number of fused-ring (bicyclic) bond motifs is 10. The molecule has 0 saturated heterocycles. The number of carbonyl (C=O) groups excluding carboxylic acids is 2. The van der Waals surface area contributed by atoms with Crippen LogP contribution in [0.15, 0.2) is 156 Å². The van der Waals surface area contributed by atoms with Crippen molar-refractivity contribution in [2.45, 2.75) is 11.3 Å². The highest BCUT2D eigenvalue weighted by molar-refractivity contribution is 6.52. The molecule has 294 valence electrons. The van der Waals surface area contributed by atoms with E-state index in [9.17, 15) is 24.6 Å². The summed E-state index contributed by atoms with van der Waals surface area (Å²) in [5.41, 5.74) is 8.03. The van der Waals surface area contributed by atoms with E-state index in [2.05, 4.69) is 28.1 Å². The zero-order chi connectivity index (χ0) is 41.6. The van der Waals surface area contributed by atoms with Crippen molar-refractivity contribution >= 4 is 68.0 Å². The number of aliphatic hydroxyl groups excluding tert-OH is 1. The molecule has 2 aliphatic heterocycles. The van der Waals surface area contributed by atoms with Gasteiger partial charge in [0, 0.05) is 55.2 Å². The second-order valence-electron chi connectivity index (χ2n) is 16.2. The molecular weight excluding hydrogens is 777 g/mol. The van der Waals surface area contributed by atoms with Crippen molar-refractivity contribution in [1.82, 2.24) is 0 Å². The average molecular weight is 807 g/mol. The van der Waals surface area contributed by atoms with E-state index < -0.39 is 17.3 Å². The molecule has 0 fully saturated rings. The number of benzene rings is 8. The van der Waals surface area contributed by atoms with Crippen LogP contribution in [0, 0.1) is 0 Å². The van der Waals surface area contributed by atoms with Crippen molar-refractivity contribution in [3.8, 4) is 28.0 Å². The number of ketones is 1. The van der Waals surface area contributed by atoms with E-state index in [1.807, 2.05) is 115 Å². The van der Waals surface area contributed by atoms with Gasteiger partial charge in [0.2, 0.25) is 5.78 Å². The minimum Gasteiger partial charge on any atom is -0.506 e. The summed E-state index contributed by atoms with van der Waals surface area (Å²) in [6.45, 7) is 0.410. The number of nitrogens with zero attached hydrogens (tertiary/aromatic N) is 1. The summed E-state index contributed by atoms with van der Waals surface area (Å²) in [5, 5.41) is 38.2. The lowest BCUT2D eigenvalue weighted by atomic mass is 9.79. The van der Waals surface area contributed by atoms with Gasteiger partial charge in [-0.25, -0.2) is 9.79 Å². The number of rotatable bonds is 4. The highest BCUT2D eigenvalue weighted by atomic mass is 16.5. The number of anilines is 3. The van der Waals surface area contributed by atoms with Crippen molar-refractivity contribution < 1.29 is 29.3 Å². The van der Waals surface area contributed by atoms with Gasteiger partial charge in [0.25, 0.3) is 6.47 Å². The van der Waals surface area contributed by atoms with Crippen LogP contribution >= 0.6 is 0 Å². The second-order valence-corrected chi connectivity index (χ2v) is 16.2. The fourth-order valence-electron chi connectivity index (χ4n) is 10.6. The zero-order valence-corrected chi connectivity index (χ0v) is 32.4. The third-order valence-electron chi connectivity index (χ3n) is 13.2. The van der Waals surface area contributed by atoms with E-state index in [4.69, 9.17) is 9.73 Å². The molecule has 2 heterocycles. The lowest BCUT2D eigenvalue weighted by Crippen LogP contribution is -2.45. The number of carbonyl (C=O) groups is 3. The second kappa shape index (κ2) is 11.8. The molecule has 8 aromatic carbocycles. The van der Waals surface area contributed by atoms with Gasteiger partial charge in [-0.3, -0.25) is 9.59 Å². The van der Waals surface area contributed by atoms with Crippen molar-refractivity contribution in [2.75, 3.05) is 16.0 Å². The SMILES string of the molecule is O=COc1ccc2c(c1)C1(Nc3cccc4ccc(C5=C(O)/C(=c6/ccc7cccc8c7c6=NC6(N8)c7ccccc7-c7ccc(C(=O)O)cc76)C5=O)c(c34)N1)c1ccccc1-2. The fourth-order valence-corrected chi connectivity index (χ4v) is 10.6. The number of aromatic carboxylic acids is 1. The van der Waals surface area contributed by atoms with Crippen LogP contribution in [0.25, 0.3) is 54.9 Å². The van der Waals surface area contributed by atoms with Crippen LogP contribution in [0.5, 0.6) is 5.75 Å². The van der Waals surface area contributed by atoms with Crippen molar-refractivity contribution in [3.05, 3.63) is 195 Å². The molecule has 10 nitrogen and oxygen atoms in total. The van der Waals surface area contributed by atoms with Gasteiger partial charge in [-0.15, -0.1) is 0 Å². The Morgan fingerprint density at radius 2 is 1.27 bits per heavy atom. The number of carboxylic acid groups (broad SMARTS) is 1. The molecule has 0 saturated carbocycles. The van der Waals surface area contributed by atoms with Gasteiger partial charge in [0.05, 0.1) is 27.8 Å². The van der Waals surface area contributed by atoms with Crippen LogP contribution in [0.3, 0.4) is 0 Å². The highest BCUT2D eigenvalue weighted by Gasteiger charge is 2.49. The van der Waals surface area contributed by atoms with E-state index in [1.165, 1.54) is 0 Å². The van der Waals surface area contributed by atoms with Crippen molar-refractivity contribution in [2.24, 2.45) is 4.99 Å². The van der Waals surface area contributed by atoms with E-state index in [0.717, 1.165) is 71.9 Å².